The number of carbonyl (C=O) groups excluding carboxylic acids is 1. The van der Waals surface area contributed by atoms with Crippen LogP contribution in [0.5, 0.6) is 0 Å². The minimum absolute atomic E-state index is 0.101. The molecule has 0 spiro atoms. The maximum Gasteiger partial charge on any atom is 0.220 e. The summed E-state index contributed by atoms with van der Waals surface area (Å²) in [4.78, 5) is 14.1. The van der Waals surface area contributed by atoms with Crippen molar-refractivity contribution in [3.63, 3.8) is 0 Å². The molecule has 1 fully saturated rings. The van der Waals surface area contributed by atoms with Crippen LogP contribution in [0.4, 0.5) is 0 Å². The van der Waals surface area contributed by atoms with Crippen molar-refractivity contribution in [3.8, 4) is 0 Å². The van der Waals surface area contributed by atoms with E-state index < -0.39 is 0 Å². The van der Waals surface area contributed by atoms with Crippen LogP contribution in [-0.2, 0) is 11.3 Å². The summed E-state index contributed by atoms with van der Waals surface area (Å²) >= 11 is 0. The first-order valence-electron chi connectivity index (χ1n) is 6.99. The molecule has 1 aliphatic heterocycles. The van der Waals surface area contributed by atoms with Crippen molar-refractivity contribution in [2.24, 2.45) is 0 Å². The Hall–Kier alpha value is -1.33. The Morgan fingerprint density at radius 2 is 2.21 bits per heavy atom. The second kappa shape index (κ2) is 7.31. The molecule has 0 unspecified atom stereocenters. The highest BCUT2D eigenvalue weighted by Crippen LogP contribution is 2.05. The van der Waals surface area contributed by atoms with E-state index >= 15 is 0 Å². The molecule has 5 heteroatoms. The van der Waals surface area contributed by atoms with Gasteiger partial charge in [0.15, 0.2) is 0 Å². The molecule has 1 aliphatic rings. The van der Waals surface area contributed by atoms with E-state index in [1.807, 2.05) is 19.1 Å². The van der Waals surface area contributed by atoms with E-state index in [9.17, 15) is 4.79 Å². The van der Waals surface area contributed by atoms with Crippen LogP contribution >= 0.6 is 0 Å². The number of carbonyl (C=O) groups is 1. The fourth-order valence-electron chi connectivity index (χ4n) is 2.25. The van der Waals surface area contributed by atoms with Gasteiger partial charge in [-0.25, -0.2) is 0 Å². The van der Waals surface area contributed by atoms with Crippen LogP contribution in [0.15, 0.2) is 16.5 Å². The van der Waals surface area contributed by atoms with Crippen LogP contribution in [0.3, 0.4) is 0 Å². The first kappa shape index (κ1) is 14.1. The summed E-state index contributed by atoms with van der Waals surface area (Å²) in [7, 11) is 0. The normalized spacial score (nSPS) is 16.5. The van der Waals surface area contributed by atoms with Crippen molar-refractivity contribution < 1.29 is 9.21 Å². The quantitative estimate of drug-likeness (QED) is 0.802. The lowest BCUT2D eigenvalue weighted by Gasteiger charge is -2.26. The Kier molecular flexibility index (Phi) is 5.42. The lowest BCUT2D eigenvalue weighted by atomic mass is 10.2. The summed E-state index contributed by atoms with van der Waals surface area (Å²) in [5.74, 6) is 1.79. The third-order valence-electron chi connectivity index (χ3n) is 3.34. The predicted octanol–water partition coefficient (Wildman–Crippen LogP) is 0.890. The zero-order chi connectivity index (χ0) is 13.5. The van der Waals surface area contributed by atoms with Gasteiger partial charge in [-0.15, -0.1) is 0 Å². The maximum absolute atomic E-state index is 11.7. The number of rotatable bonds is 6. The van der Waals surface area contributed by atoms with Gasteiger partial charge < -0.3 is 20.0 Å². The minimum atomic E-state index is 0.101. The molecule has 0 bridgehead atoms. The lowest BCUT2D eigenvalue weighted by molar-refractivity contribution is -0.121. The standard InChI is InChI=1S/C14H23N3O2/c1-12-4-5-13(19-12)11-16-14(18)3-2-8-17-9-6-15-7-10-17/h4-5,15H,2-3,6-11H2,1H3,(H,16,18). The van der Waals surface area contributed by atoms with E-state index in [1.165, 1.54) is 0 Å². The molecule has 19 heavy (non-hydrogen) atoms. The third-order valence-corrected chi connectivity index (χ3v) is 3.34. The predicted molar refractivity (Wildman–Crippen MR) is 73.8 cm³/mol. The molecule has 0 radical (unpaired) electrons. The maximum atomic E-state index is 11.7. The second-order valence-electron chi connectivity index (χ2n) is 4.98. The number of nitrogens with zero attached hydrogens (tertiary/aromatic N) is 1. The van der Waals surface area contributed by atoms with E-state index in [-0.39, 0.29) is 5.91 Å². The number of aryl methyl sites for hydroxylation is 1. The summed E-state index contributed by atoms with van der Waals surface area (Å²) in [6.45, 7) is 7.70. The van der Waals surface area contributed by atoms with Crippen molar-refractivity contribution in [3.05, 3.63) is 23.7 Å². The van der Waals surface area contributed by atoms with Gasteiger partial charge in [-0.1, -0.05) is 0 Å². The number of nitrogens with one attached hydrogen (secondary N) is 2. The average molecular weight is 265 g/mol. The highest BCUT2D eigenvalue weighted by atomic mass is 16.3. The van der Waals surface area contributed by atoms with Crippen LogP contribution in [-0.4, -0.2) is 43.5 Å². The van der Waals surface area contributed by atoms with Crippen molar-refractivity contribution in [2.45, 2.75) is 26.3 Å². The summed E-state index contributed by atoms with van der Waals surface area (Å²) in [5.41, 5.74) is 0. The molecule has 0 aliphatic carbocycles. The van der Waals surface area contributed by atoms with Gasteiger partial charge in [-0.3, -0.25) is 4.79 Å². The molecule has 5 nitrogen and oxygen atoms in total. The van der Waals surface area contributed by atoms with E-state index in [4.69, 9.17) is 4.42 Å². The summed E-state index contributed by atoms with van der Waals surface area (Å²) < 4.78 is 5.40. The minimum Gasteiger partial charge on any atom is -0.465 e. The van der Waals surface area contributed by atoms with Gasteiger partial charge in [0, 0.05) is 32.6 Å². The Bertz CT molecular complexity index is 397. The van der Waals surface area contributed by atoms with Crippen LogP contribution in [0.25, 0.3) is 0 Å². The molecule has 1 amide bonds. The molecule has 1 aromatic heterocycles. The molecule has 0 saturated carbocycles. The van der Waals surface area contributed by atoms with E-state index in [0.717, 1.165) is 50.7 Å². The fourth-order valence-corrected chi connectivity index (χ4v) is 2.25. The Morgan fingerprint density at radius 3 is 2.89 bits per heavy atom. The smallest absolute Gasteiger partial charge is 0.220 e. The Labute approximate surface area is 114 Å². The first-order chi connectivity index (χ1) is 9.24. The van der Waals surface area contributed by atoms with Crippen molar-refractivity contribution in [1.29, 1.82) is 0 Å². The topological polar surface area (TPSA) is 57.5 Å². The fraction of sp³-hybridized carbons (Fsp3) is 0.643. The van der Waals surface area contributed by atoms with Gasteiger partial charge in [-0.2, -0.15) is 0 Å². The summed E-state index contributed by atoms with van der Waals surface area (Å²) in [5, 5.41) is 6.21. The molecule has 2 rings (SSSR count). The summed E-state index contributed by atoms with van der Waals surface area (Å²) in [6, 6.07) is 3.81. The first-order valence-corrected chi connectivity index (χ1v) is 6.99. The molecule has 1 aromatic rings. The van der Waals surface area contributed by atoms with E-state index in [1.54, 1.807) is 0 Å². The van der Waals surface area contributed by atoms with Crippen molar-refractivity contribution >= 4 is 5.91 Å². The zero-order valence-electron chi connectivity index (χ0n) is 11.6. The van der Waals surface area contributed by atoms with Gasteiger partial charge in [0.2, 0.25) is 5.91 Å². The molecule has 106 valence electrons. The highest BCUT2D eigenvalue weighted by Gasteiger charge is 2.10. The molecule has 0 aromatic carbocycles. The zero-order valence-corrected chi connectivity index (χ0v) is 11.6. The average Bonchev–Trinajstić information content (AvgIpc) is 2.83. The van der Waals surface area contributed by atoms with Crippen LogP contribution in [0.2, 0.25) is 0 Å². The van der Waals surface area contributed by atoms with Crippen molar-refractivity contribution in [1.82, 2.24) is 15.5 Å². The van der Waals surface area contributed by atoms with Crippen molar-refractivity contribution in [2.75, 3.05) is 32.7 Å². The molecule has 1 saturated heterocycles. The molecular formula is C14H23N3O2. The summed E-state index contributed by atoms with van der Waals surface area (Å²) in [6.07, 6.45) is 1.51. The monoisotopic (exact) mass is 265 g/mol. The van der Waals surface area contributed by atoms with Gasteiger partial charge in [0.05, 0.1) is 6.54 Å². The SMILES string of the molecule is Cc1ccc(CNC(=O)CCCN2CCNCC2)o1. The number of furan rings is 1. The van der Waals surface area contributed by atoms with E-state index in [0.29, 0.717) is 13.0 Å². The Morgan fingerprint density at radius 1 is 1.42 bits per heavy atom. The molecule has 2 N–H and O–H groups in total. The second-order valence-corrected chi connectivity index (χ2v) is 4.98. The van der Waals surface area contributed by atoms with Crippen LogP contribution < -0.4 is 10.6 Å². The molecule has 2 heterocycles. The van der Waals surface area contributed by atoms with Gasteiger partial charge in [0.1, 0.15) is 11.5 Å². The largest absolute Gasteiger partial charge is 0.465 e. The number of hydrogen-bond donors (Lipinski definition) is 2. The number of amides is 1. The van der Waals surface area contributed by atoms with Gasteiger partial charge in [0.25, 0.3) is 0 Å². The van der Waals surface area contributed by atoms with Crippen LogP contribution in [0, 0.1) is 6.92 Å². The van der Waals surface area contributed by atoms with Gasteiger partial charge in [-0.05, 0) is 32.0 Å². The molecule has 0 atom stereocenters. The Balaban J connectivity index is 1.56. The molecular weight excluding hydrogens is 242 g/mol. The lowest BCUT2D eigenvalue weighted by Crippen LogP contribution is -2.43. The number of hydrogen-bond acceptors (Lipinski definition) is 4. The van der Waals surface area contributed by atoms with Crippen LogP contribution in [0.1, 0.15) is 24.4 Å². The van der Waals surface area contributed by atoms with Gasteiger partial charge >= 0.3 is 0 Å². The highest BCUT2D eigenvalue weighted by molar-refractivity contribution is 5.75. The van der Waals surface area contributed by atoms with E-state index in [2.05, 4.69) is 15.5 Å². The third kappa shape index (κ3) is 5.04. The number of piperazine rings is 1.